The van der Waals surface area contributed by atoms with Crippen LogP contribution in [0.1, 0.15) is 31.0 Å². The molecule has 1 aliphatic heterocycles. The van der Waals surface area contributed by atoms with E-state index in [2.05, 4.69) is 15.4 Å². The molecule has 2 N–H and O–H groups in total. The van der Waals surface area contributed by atoms with Gasteiger partial charge in [-0.15, -0.1) is 0 Å². The highest BCUT2D eigenvalue weighted by Gasteiger charge is 2.36. The minimum Gasteiger partial charge on any atom is -0.361 e. The third kappa shape index (κ3) is 3.20. The van der Waals surface area contributed by atoms with Gasteiger partial charge >= 0.3 is 0 Å². The molecule has 7 heteroatoms. The summed E-state index contributed by atoms with van der Waals surface area (Å²) in [5.74, 6) is 0.364. The average molecular weight is 365 g/mol. The topological polar surface area (TPSA) is 83.0 Å². The molecule has 140 valence electrons. The molecule has 3 aromatic rings. The molecule has 1 unspecified atom stereocenters. The van der Waals surface area contributed by atoms with Crippen LogP contribution >= 0.6 is 0 Å². The molecule has 0 bridgehead atoms. The van der Waals surface area contributed by atoms with Crippen molar-refractivity contribution in [1.82, 2.24) is 19.7 Å². The number of fused-ring (bicyclic) bond motifs is 1. The molecule has 27 heavy (non-hydrogen) atoms. The van der Waals surface area contributed by atoms with Gasteiger partial charge in [0.05, 0.1) is 0 Å². The number of para-hydroxylation sites is 1. The molecule has 1 aliphatic rings. The summed E-state index contributed by atoms with van der Waals surface area (Å²) in [5, 5.41) is 8.33. The zero-order valence-electron chi connectivity index (χ0n) is 15.5. The van der Waals surface area contributed by atoms with E-state index in [0.29, 0.717) is 25.2 Å². The lowest BCUT2D eigenvalue weighted by molar-refractivity contribution is -0.133. The number of nitrogens with zero attached hydrogens (tertiary/aromatic N) is 3. The quantitative estimate of drug-likeness (QED) is 0.729. The van der Waals surface area contributed by atoms with E-state index >= 15 is 0 Å². The number of aryl methyl sites for hydroxylation is 2. The van der Waals surface area contributed by atoms with Gasteiger partial charge in [0.1, 0.15) is 6.04 Å². The highest BCUT2D eigenvalue weighted by Crippen LogP contribution is 2.26. The van der Waals surface area contributed by atoms with Crippen molar-refractivity contribution in [2.75, 3.05) is 5.32 Å². The second-order valence-electron chi connectivity index (χ2n) is 6.91. The van der Waals surface area contributed by atoms with Crippen LogP contribution in [-0.4, -0.2) is 37.5 Å². The molecule has 0 aliphatic carbocycles. The summed E-state index contributed by atoms with van der Waals surface area (Å²) in [5.41, 5.74) is 3.04. The predicted molar refractivity (Wildman–Crippen MR) is 103 cm³/mol. The van der Waals surface area contributed by atoms with Gasteiger partial charge in [-0.1, -0.05) is 18.2 Å². The number of hydrogen-bond acceptors (Lipinski definition) is 3. The molecule has 1 fully saturated rings. The van der Waals surface area contributed by atoms with E-state index in [4.69, 9.17) is 0 Å². The predicted octanol–water partition coefficient (Wildman–Crippen LogP) is 2.82. The van der Waals surface area contributed by atoms with Crippen LogP contribution in [-0.2, 0) is 22.7 Å². The van der Waals surface area contributed by atoms with Crippen molar-refractivity contribution in [2.24, 2.45) is 0 Å². The molecule has 0 spiro atoms. The number of rotatable bonds is 5. The van der Waals surface area contributed by atoms with Gasteiger partial charge in [0, 0.05) is 48.4 Å². The fourth-order valence-corrected chi connectivity index (χ4v) is 3.75. The van der Waals surface area contributed by atoms with Gasteiger partial charge in [-0.05, 0) is 31.9 Å². The maximum atomic E-state index is 12.8. The first kappa shape index (κ1) is 17.3. The van der Waals surface area contributed by atoms with E-state index in [1.807, 2.05) is 55.1 Å². The van der Waals surface area contributed by atoms with E-state index in [1.165, 1.54) is 0 Å². The van der Waals surface area contributed by atoms with E-state index in [0.717, 1.165) is 28.7 Å². The zero-order valence-corrected chi connectivity index (χ0v) is 15.5. The Balaban J connectivity index is 1.53. The van der Waals surface area contributed by atoms with Crippen LogP contribution in [0.5, 0.6) is 0 Å². The van der Waals surface area contributed by atoms with Crippen molar-refractivity contribution < 1.29 is 9.59 Å². The summed E-state index contributed by atoms with van der Waals surface area (Å²) < 4.78 is 1.83. The van der Waals surface area contributed by atoms with Crippen LogP contribution < -0.4 is 5.32 Å². The van der Waals surface area contributed by atoms with Crippen molar-refractivity contribution in [2.45, 2.75) is 45.8 Å². The second-order valence-corrected chi connectivity index (χ2v) is 6.91. The van der Waals surface area contributed by atoms with Gasteiger partial charge in [0.25, 0.3) is 0 Å². The van der Waals surface area contributed by atoms with Gasteiger partial charge in [-0.2, -0.15) is 5.10 Å². The molecule has 2 aromatic heterocycles. The fourth-order valence-electron chi connectivity index (χ4n) is 3.75. The molecule has 0 saturated carbocycles. The lowest BCUT2D eigenvalue weighted by Gasteiger charge is -2.23. The maximum absolute atomic E-state index is 12.8. The number of H-pyrrole nitrogens is 1. The smallest absolute Gasteiger partial charge is 0.248 e. The van der Waals surface area contributed by atoms with E-state index < -0.39 is 6.04 Å². The summed E-state index contributed by atoms with van der Waals surface area (Å²) in [4.78, 5) is 30.1. The number of aromatic nitrogens is 3. The molecule has 1 saturated heterocycles. The van der Waals surface area contributed by atoms with Gasteiger partial charge < -0.3 is 15.2 Å². The Kier molecular flexibility index (Phi) is 4.43. The van der Waals surface area contributed by atoms with Gasteiger partial charge in [0.15, 0.2) is 5.82 Å². The van der Waals surface area contributed by atoms with E-state index in [-0.39, 0.29) is 11.8 Å². The summed E-state index contributed by atoms with van der Waals surface area (Å²) >= 11 is 0. The number of carbonyl (C=O) groups is 2. The number of anilines is 1. The Bertz CT molecular complexity index is 1000. The monoisotopic (exact) mass is 365 g/mol. The number of hydrogen-bond donors (Lipinski definition) is 2. The second kappa shape index (κ2) is 6.90. The normalized spacial score (nSPS) is 17.0. The molecule has 7 nitrogen and oxygen atoms in total. The first-order valence-electron chi connectivity index (χ1n) is 9.26. The van der Waals surface area contributed by atoms with Crippen LogP contribution in [0.15, 0.2) is 36.5 Å². The fraction of sp³-hybridized carbons (Fsp3) is 0.350. The number of benzene rings is 1. The summed E-state index contributed by atoms with van der Waals surface area (Å²) in [7, 11) is 0. The van der Waals surface area contributed by atoms with Crippen molar-refractivity contribution in [3.8, 4) is 0 Å². The number of carbonyl (C=O) groups excluding carboxylic acids is 2. The van der Waals surface area contributed by atoms with Crippen LogP contribution in [0.25, 0.3) is 10.9 Å². The Morgan fingerprint density at radius 2 is 2.19 bits per heavy atom. The van der Waals surface area contributed by atoms with Crippen molar-refractivity contribution in [3.63, 3.8) is 0 Å². The van der Waals surface area contributed by atoms with Crippen LogP contribution in [0.2, 0.25) is 0 Å². The van der Waals surface area contributed by atoms with Crippen LogP contribution in [0.3, 0.4) is 0 Å². The average Bonchev–Trinajstić information content (AvgIpc) is 3.34. The van der Waals surface area contributed by atoms with Crippen LogP contribution in [0.4, 0.5) is 5.82 Å². The van der Waals surface area contributed by atoms with E-state index in [1.54, 1.807) is 4.90 Å². The molecule has 3 heterocycles. The third-order valence-corrected chi connectivity index (χ3v) is 5.18. The third-order valence-electron chi connectivity index (χ3n) is 5.18. The number of nitrogens with one attached hydrogen (secondary N) is 2. The Morgan fingerprint density at radius 1 is 1.37 bits per heavy atom. The molecular weight excluding hydrogens is 342 g/mol. The Morgan fingerprint density at radius 3 is 2.96 bits per heavy atom. The minimum atomic E-state index is -0.474. The lowest BCUT2D eigenvalue weighted by atomic mass is 10.1. The summed E-state index contributed by atoms with van der Waals surface area (Å²) in [6.45, 7) is 5.12. The first-order chi connectivity index (χ1) is 13.1. The SMILES string of the molecule is CCn1nc(NC(=O)C2CCC(=O)N2Cc2c[nH]c3ccccc23)cc1C. The number of aromatic amines is 1. The molecule has 0 radical (unpaired) electrons. The van der Waals surface area contributed by atoms with Crippen LogP contribution in [0, 0.1) is 6.92 Å². The number of amides is 2. The van der Waals surface area contributed by atoms with Crippen molar-refractivity contribution >= 4 is 28.5 Å². The maximum Gasteiger partial charge on any atom is 0.248 e. The Labute approximate surface area is 157 Å². The van der Waals surface area contributed by atoms with Gasteiger partial charge in [-0.25, -0.2) is 0 Å². The Hall–Kier alpha value is -3.09. The molecule has 4 rings (SSSR count). The number of likely N-dealkylation sites (tertiary alicyclic amines) is 1. The highest BCUT2D eigenvalue weighted by atomic mass is 16.2. The minimum absolute atomic E-state index is 0.00991. The van der Waals surface area contributed by atoms with Crippen molar-refractivity contribution in [1.29, 1.82) is 0 Å². The lowest BCUT2D eigenvalue weighted by Crippen LogP contribution is -2.41. The van der Waals surface area contributed by atoms with Gasteiger partial charge in [0.2, 0.25) is 11.8 Å². The molecule has 2 amide bonds. The largest absolute Gasteiger partial charge is 0.361 e. The summed E-state index contributed by atoms with van der Waals surface area (Å²) in [6, 6.07) is 9.35. The summed E-state index contributed by atoms with van der Waals surface area (Å²) in [6.07, 6.45) is 2.83. The first-order valence-corrected chi connectivity index (χ1v) is 9.26. The standard InChI is InChI=1S/C20H23N5O2/c1-3-25-13(2)10-18(23-25)22-20(27)17-8-9-19(26)24(17)12-14-11-21-16-7-5-4-6-15(14)16/h4-7,10-11,17,21H,3,8-9,12H2,1-2H3,(H,22,23,27). The molecule has 1 aromatic carbocycles. The van der Waals surface area contributed by atoms with Gasteiger partial charge in [-0.3, -0.25) is 14.3 Å². The van der Waals surface area contributed by atoms with Crippen molar-refractivity contribution in [3.05, 3.63) is 47.8 Å². The highest BCUT2D eigenvalue weighted by molar-refractivity contribution is 5.98. The zero-order chi connectivity index (χ0) is 19.0. The molecule has 1 atom stereocenters. The van der Waals surface area contributed by atoms with E-state index in [9.17, 15) is 9.59 Å². The molecular formula is C20H23N5O2.